The fourth-order valence-corrected chi connectivity index (χ4v) is 1.14. The quantitative estimate of drug-likeness (QED) is 0.362. The van der Waals surface area contributed by atoms with E-state index in [0.717, 1.165) is 0 Å². The van der Waals surface area contributed by atoms with Crippen LogP contribution in [0.3, 0.4) is 0 Å². The Morgan fingerprint density at radius 2 is 0.864 bits per heavy atom. The minimum Gasteiger partial charge on any atom is -0.340 e. The fraction of sp³-hybridized carbons (Fsp3) is 0. The van der Waals surface area contributed by atoms with Crippen molar-refractivity contribution < 1.29 is 98.1 Å². The number of hydrogen-bond donors (Lipinski definition) is 0. The molecule has 0 aliphatic rings. The largest absolute Gasteiger partial charge is 0.340 e. The van der Waals surface area contributed by atoms with Crippen molar-refractivity contribution in [3.8, 4) is 0 Å². The van der Waals surface area contributed by atoms with Crippen LogP contribution in [-0.4, -0.2) is 0 Å². The van der Waals surface area contributed by atoms with Gasteiger partial charge in [0.15, 0.2) is 0 Å². The van der Waals surface area contributed by atoms with E-state index in [1.54, 1.807) is 12.1 Å². The van der Waals surface area contributed by atoms with Gasteiger partial charge in [-0.3, -0.25) is 18.2 Å². The van der Waals surface area contributed by atoms with Crippen LogP contribution < -0.4 is 0 Å². The van der Waals surface area contributed by atoms with E-state index >= 15 is 0 Å². The molecular formula is C18H13ClY3-4. The topological polar surface area (TPSA) is 0 Å². The van der Waals surface area contributed by atoms with Crippen LogP contribution in [0.1, 0.15) is 0 Å². The zero-order chi connectivity index (χ0) is 13.6. The monoisotopic (exact) mass is 531 g/mol. The minimum absolute atomic E-state index is 0. The molecule has 0 aliphatic carbocycles. The molecule has 0 N–H and O–H groups in total. The van der Waals surface area contributed by atoms with Gasteiger partial charge in [0.2, 0.25) is 0 Å². The van der Waals surface area contributed by atoms with Gasteiger partial charge in [0.1, 0.15) is 0 Å². The Bertz CT molecular complexity index is 419. The van der Waals surface area contributed by atoms with Crippen LogP contribution >= 0.6 is 11.6 Å². The van der Waals surface area contributed by atoms with Crippen molar-refractivity contribution in [1.29, 1.82) is 0 Å². The third-order valence-electron chi connectivity index (χ3n) is 1.83. The van der Waals surface area contributed by atoms with Gasteiger partial charge in [0.25, 0.3) is 0 Å². The predicted molar refractivity (Wildman–Crippen MR) is 79.7 cm³/mol. The third kappa shape index (κ3) is 19.3. The summed E-state index contributed by atoms with van der Waals surface area (Å²) >= 11 is 5.43. The molecular weight excluding hydrogens is 518 g/mol. The Labute approximate surface area is 214 Å². The molecule has 0 fully saturated rings. The van der Waals surface area contributed by atoms with E-state index in [1.807, 2.05) is 66.7 Å². The second kappa shape index (κ2) is 22.3. The van der Waals surface area contributed by atoms with Gasteiger partial charge >= 0.3 is 0 Å². The summed E-state index contributed by atoms with van der Waals surface area (Å²) in [5.74, 6) is 0. The summed E-state index contributed by atoms with van der Waals surface area (Å²) in [5.41, 5.74) is 0. The summed E-state index contributed by atoms with van der Waals surface area (Å²) in [4.78, 5) is 0. The molecule has 3 aromatic carbocycles. The van der Waals surface area contributed by atoms with Gasteiger partial charge < -0.3 is 12.1 Å². The molecule has 0 bridgehead atoms. The van der Waals surface area contributed by atoms with Crippen molar-refractivity contribution >= 4 is 11.6 Å². The van der Waals surface area contributed by atoms with Crippen LogP contribution in [0.2, 0.25) is 5.02 Å². The second-order valence-corrected chi connectivity index (χ2v) is 3.66. The van der Waals surface area contributed by atoms with Crippen LogP contribution in [-0.2, 0) is 98.1 Å². The van der Waals surface area contributed by atoms with Gasteiger partial charge in [-0.25, -0.2) is 5.02 Å². The summed E-state index contributed by atoms with van der Waals surface area (Å²) in [6.07, 6.45) is 0. The molecule has 0 nitrogen and oxygen atoms in total. The van der Waals surface area contributed by atoms with E-state index in [0.29, 0.717) is 5.02 Å². The van der Waals surface area contributed by atoms with Crippen LogP contribution in [0.4, 0.5) is 0 Å². The van der Waals surface area contributed by atoms with Crippen LogP contribution in [0.25, 0.3) is 0 Å². The fourth-order valence-electron chi connectivity index (χ4n) is 1.02. The second-order valence-electron chi connectivity index (χ2n) is 3.28. The number of benzene rings is 3. The molecule has 0 atom stereocenters. The first-order valence-corrected chi connectivity index (χ1v) is 6.13. The first-order chi connectivity index (χ1) is 9.39. The van der Waals surface area contributed by atoms with E-state index in [2.05, 4.69) is 24.3 Å². The molecule has 0 aliphatic heterocycles. The summed E-state index contributed by atoms with van der Waals surface area (Å²) in [7, 11) is 0. The molecule has 0 heterocycles. The van der Waals surface area contributed by atoms with E-state index in [1.165, 1.54) is 0 Å². The Morgan fingerprint density at radius 3 is 1.00 bits per heavy atom. The van der Waals surface area contributed by atoms with Crippen molar-refractivity contribution in [3.05, 3.63) is 108 Å². The van der Waals surface area contributed by atoms with Gasteiger partial charge in [0, 0.05) is 98.1 Å². The van der Waals surface area contributed by atoms with Crippen molar-refractivity contribution in [1.82, 2.24) is 0 Å². The Balaban J connectivity index is -0.000000231. The normalized spacial score (nSPS) is 7.14. The standard InChI is InChI=1S/C6H3Cl.2C6H5.3Y/c7-6-4-2-1-3-5-6;2*1-2-4-6-5-3-1;;;/h1-3H;2*1-5H;;;/q-2;2*-1;;;. The molecule has 0 aromatic heterocycles. The Morgan fingerprint density at radius 1 is 0.500 bits per heavy atom. The average molecular weight is 531 g/mol. The number of halogens is 1. The number of rotatable bonds is 0. The maximum absolute atomic E-state index is 5.43. The van der Waals surface area contributed by atoms with Crippen LogP contribution in [0.5, 0.6) is 0 Å². The smallest absolute Gasteiger partial charge is 0 e. The van der Waals surface area contributed by atoms with Gasteiger partial charge in [0.05, 0.1) is 0 Å². The first-order valence-electron chi connectivity index (χ1n) is 5.75. The Kier molecular flexibility index (Phi) is 28.4. The van der Waals surface area contributed by atoms with E-state index in [-0.39, 0.29) is 98.1 Å². The maximum Gasteiger partial charge on any atom is 0 e. The predicted octanol–water partition coefficient (Wildman–Crippen LogP) is 4.91. The molecule has 4 heteroatoms. The summed E-state index contributed by atoms with van der Waals surface area (Å²) in [6.45, 7) is 0. The summed E-state index contributed by atoms with van der Waals surface area (Å²) in [5, 5.41) is 0.544. The summed E-state index contributed by atoms with van der Waals surface area (Å²) in [6, 6.07) is 35.8. The third-order valence-corrected chi connectivity index (χ3v) is 2.05. The molecule has 3 aromatic rings. The molecule has 105 valence electrons. The molecule has 0 unspecified atom stereocenters. The van der Waals surface area contributed by atoms with E-state index < -0.39 is 0 Å². The van der Waals surface area contributed by atoms with E-state index in [4.69, 9.17) is 11.6 Å². The molecule has 0 amide bonds. The van der Waals surface area contributed by atoms with Gasteiger partial charge in [-0.1, -0.05) is 0 Å². The van der Waals surface area contributed by atoms with Crippen molar-refractivity contribution in [2.75, 3.05) is 0 Å². The first kappa shape index (κ1) is 28.1. The van der Waals surface area contributed by atoms with Crippen LogP contribution in [0, 0.1) is 24.3 Å². The van der Waals surface area contributed by atoms with Gasteiger partial charge in [-0.2, -0.15) is 72.8 Å². The molecule has 0 saturated carbocycles. The van der Waals surface area contributed by atoms with Crippen LogP contribution in [0.15, 0.2) is 78.9 Å². The molecule has 3 rings (SSSR count). The minimum atomic E-state index is 0. The molecule has 3 radical (unpaired) electrons. The number of hydrogen-bond acceptors (Lipinski definition) is 0. The SMILES string of the molecule is Clc1[c-]ccc[c-]1.[Y].[Y].[Y].[c-]1ccccc1.[c-]1ccccc1. The zero-order valence-electron chi connectivity index (χ0n) is 12.1. The van der Waals surface area contributed by atoms with Crippen molar-refractivity contribution in [2.45, 2.75) is 0 Å². The van der Waals surface area contributed by atoms with Crippen molar-refractivity contribution in [2.24, 2.45) is 0 Å². The van der Waals surface area contributed by atoms with Gasteiger partial charge in [-0.15, -0.1) is 11.6 Å². The average Bonchev–Trinajstić information content (AvgIpc) is 2.53. The zero-order valence-corrected chi connectivity index (χ0v) is 21.4. The van der Waals surface area contributed by atoms with Gasteiger partial charge in [-0.05, 0) is 0 Å². The molecule has 22 heavy (non-hydrogen) atoms. The maximum atomic E-state index is 5.43. The molecule has 0 spiro atoms. The van der Waals surface area contributed by atoms with E-state index in [9.17, 15) is 0 Å². The summed E-state index contributed by atoms with van der Waals surface area (Å²) < 4.78 is 0. The molecule has 0 saturated heterocycles. The van der Waals surface area contributed by atoms with Crippen molar-refractivity contribution in [3.63, 3.8) is 0 Å². The Hall–Kier alpha value is 1.26.